The quantitative estimate of drug-likeness (QED) is 0.718. The Morgan fingerprint density at radius 1 is 0.862 bits per heavy atom. The zero-order valence-corrected chi connectivity index (χ0v) is 17.2. The molecule has 4 rings (SSSR count). The van der Waals surface area contributed by atoms with E-state index in [0.717, 1.165) is 54.9 Å². The van der Waals surface area contributed by atoms with Gasteiger partial charge in [0.1, 0.15) is 11.6 Å². The van der Waals surface area contributed by atoms with E-state index in [4.69, 9.17) is 4.98 Å². The summed E-state index contributed by atoms with van der Waals surface area (Å²) in [7, 11) is 4.07. The average molecular weight is 390 g/mol. The predicted molar refractivity (Wildman–Crippen MR) is 119 cm³/mol. The second-order valence-corrected chi connectivity index (χ2v) is 7.42. The lowest BCUT2D eigenvalue weighted by molar-refractivity contribution is 0.641. The van der Waals surface area contributed by atoms with Crippen LogP contribution in [0.4, 0.5) is 29.0 Å². The lowest BCUT2D eigenvalue weighted by Crippen LogP contribution is -2.47. The number of anilines is 5. The summed E-state index contributed by atoms with van der Waals surface area (Å²) in [5.41, 5.74) is 3.09. The fourth-order valence-electron chi connectivity index (χ4n) is 3.45. The molecule has 2 aromatic heterocycles. The van der Waals surface area contributed by atoms with E-state index in [9.17, 15) is 0 Å². The molecule has 0 aliphatic carbocycles. The minimum Gasteiger partial charge on any atom is -0.378 e. The molecule has 3 aromatic rings. The third kappa shape index (κ3) is 4.56. The summed E-state index contributed by atoms with van der Waals surface area (Å²) in [5.74, 6) is 2.63. The van der Waals surface area contributed by atoms with E-state index in [0.29, 0.717) is 5.95 Å². The molecule has 7 heteroatoms. The highest BCUT2D eigenvalue weighted by molar-refractivity contribution is 5.60. The van der Waals surface area contributed by atoms with Crippen LogP contribution in [0.1, 0.15) is 5.69 Å². The monoisotopic (exact) mass is 389 g/mol. The van der Waals surface area contributed by atoms with Crippen molar-refractivity contribution in [3.05, 3.63) is 60.4 Å². The first-order chi connectivity index (χ1) is 14.1. The van der Waals surface area contributed by atoms with Gasteiger partial charge in [-0.3, -0.25) is 0 Å². The van der Waals surface area contributed by atoms with Gasteiger partial charge in [0, 0.05) is 69.6 Å². The highest BCUT2D eigenvalue weighted by Crippen LogP contribution is 2.22. The van der Waals surface area contributed by atoms with Gasteiger partial charge >= 0.3 is 0 Å². The summed E-state index contributed by atoms with van der Waals surface area (Å²) in [6.45, 7) is 5.67. The van der Waals surface area contributed by atoms with Crippen molar-refractivity contribution in [1.29, 1.82) is 0 Å². The van der Waals surface area contributed by atoms with Crippen molar-refractivity contribution < 1.29 is 0 Å². The molecule has 150 valence electrons. The van der Waals surface area contributed by atoms with Gasteiger partial charge in [-0.15, -0.1) is 0 Å². The highest BCUT2D eigenvalue weighted by Gasteiger charge is 2.19. The van der Waals surface area contributed by atoms with E-state index in [1.165, 1.54) is 0 Å². The largest absolute Gasteiger partial charge is 0.378 e. The number of piperazine rings is 1. The van der Waals surface area contributed by atoms with Crippen molar-refractivity contribution in [2.24, 2.45) is 0 Å². The number of pyridine rings is 1. The van der Waals surface area contributed by atoms with E-state index in [1.54, 1.807) is 0 Å². The first-order valence-electron chi connectivity index (χ1n) is 9.89. The van der Waals surface area contributed by atoms with Crippen LogP contribution >= 0.6 is 0 Å². The standard InChI is InChI=1S/C22H27N7/c1-17-16-21(29-14-12-28(13-15-29)20-6-4-5-11-23-20)26-22(24-17)25-18-7-9-19(10-8-18)27(2)3/h4-11,16H,12-15H2,1-3H3,(H,24,25,26). The van der Waals surface area contributed by atoms with Crippen LogP contribution in [0.3, 0.4) is 0 Å². The van der Waals surface area contributed by atoms with E-state index in [-0.39, 0.29) is 0 Å². The summed E-state index contributed by atoms with van der Waals surface area (Å²) in [6, 6.07) is 16.4. The van der Waals surface area contributed by atoms with Crippen LogP contribution in [-0.4, -0.2) is 55.2 Å². The smallest absolute Gasteiger partial charge is 0.229 e. The average Bonchev–Trinajstić information content (AvgIpc) is 2.74. The summed E-state index contributed by atoms with van der Waals surface area (Å²) in [5, 5.41) is 3.34. The molecule has 0 amide bonds. The van der Waals surface area contributed by atoms with Crippen molar-refractivity contribution in [3.63, 3.8) is 0 Å². The Labute approximate surface area is 172 Å². The lowest BCUT2D eigenvalue weighted by atomic mass is 10.2. The van der Waals surface area contributed by atoms with E-state index in [2.05, 4.69) is 54.2 Å². The Kier molecular flexibility index (Phi) is 5.46. The number of aromatic nitrogens is 3. The van der Waals surface area contributed by atoms with Gasteiger partial charge in [-0.25, -0.2) is 9.97 Å². The number of hydrogen-bond donors (Lipinski definition) is 1. The Bertz CT molecular complexity index is 933. The van der Waals surface area contributed by atoms with Crippen LogP contribution in [0.5, 0.6) is 0 Å². The number of aryl methyl sites for hydroxylation is 1. The molecule has 0 radical (unpaired) electrons. The van der Waals surface area contributed by atoms with Gasteiger partial charge in [0.25, 0.3) is 0 Å². The van der Waals surface area contributed by atoms with Crippen molar-refractivity contribution in [3.8, 4) is 0 Å². The molecule has 1 aromatic carbocycles. The molecule has 1 fully saturated rings. The van der Waals surface area contributed by atoms with Gasteiger partial charge in [-0.1, -0.05) is 6.07 Å². The molecule has 3 heterocycles. The van der Waals surface area contributed by atoms with Crippen LogP contribution in [0.2, 0.25) is 0 Å². The summed E-state index contributed by atoms with van der Waals surface area (Å²) in [4.78, 5) is 20.5. The van der Waals surface area contributed by atoms with Crippen LogP contribution in [0, 0.1) is 6.92 Å². The molecular weight excluding hydrogens is 362 g/mol. The molecule has 0 unspecified atom stereocenters. The number of hydrogen-bond acceptors (Lipinski definition) is 7. The van der Waals surface area contributed by atoms with E-state index < -0.39 is 0 Å². The van der Waals surface area contributed by atoms with Crippen molar-refractivity contribution in [2.45, 2.75) is 6.92 Å². The van der Waals surface area contributed by atoms with Gasteiger partial charge < -0.3 is 20.0 Å². The van der Waals surface area contributed by atoms with Gasteiger partial charge in [-0.05, 0) is 43.3 Å². The summed E-state index contributed by atoms with van der Waals surface area (Å²) in [6.07, 6.45) is 1.85. The van der Waals surface area contributed by atoms with Gasteiger partial charge in [-0.2, -0.15) is 4.98 Å². The normalized spacial score (nSPS) is 14.0. The zero-order valence-electron chi connectivity index (χ0n) is 17.2. The first-order valence-corrected chi connectivity index (χ1v) is 9.89. The number of nitrogens with zero attached hydrogens (tertiary/aromatic N) is 6. The maximum Gasteiger partial charge on any atom is 0.229 e. The van der Waals surface area contributed by atoms with Crippen LogP contribution in [0.15, 0.2) is 54.7 Å². The molecule has 1 aliphatic heterocycles. The molecule has 29 heavy (non-hydrogen) atoms. The molecule has 0 bridgehead atoms. The topological polar surface area (TPSA) is 60.4 Å². The SMILES string of the molecule is Cc1cc(N2CCN(c3ccccn3)CC2)nc(Nc2ccc(N(C)C)cc2)n1. The number of nitrogens with one attached hydrogen (secondary N) is 1. The van der Waals surface area contributed by atoms with Gasteiger partial charge in [0.05, 0.1) is 0 Å². The second kappa shape index (κ2) is 8.34. The highest BCUT2D eigenvalue weighted by atomic mass is 15.3. The third-order valence-corrected chi connectivity index (χ3v) is 5.06. The summed E-state index contributed by atoms with van der Waals surface area (Å²) < 4.78 is 0. The Hall–Kier alpha value is -3.35. The molecular formula is C22H27N7. The van der Waals surface area contributed by atoms with Crippen LogP contribution in [-0.2, 0) is 0 Å². The molecule has 1 saturated heterocycles. The second-order valence-electron chi connectivity index (χ2n) is 7.42. The van der Waals surface area contributed by atoms with Gasteiger partial charge in [0.15, 0.2) is 0 Å². The fourth-order valence-corrected chi connectivity index (χ4v) is 3.45. The molecule has 1 aliphatic rings. The minimum atomic E-state index is 0.629. The molecule has 1 N–H and O–H groups in total. The molecule has 0 atom stereocenters. The Morgan fingerprint density at radius 3 is 2.17 bits per heavy atom. The van der Waals surface area contributed by atoms with Crippen LogP contribution < -0.4 is 20.0 Å². The maximum atomic E-state index is 4.77. The Balaban J connectivity index is 1.44. The first kappa shape index (κ1) is 19.0. The van der Waals surface area contributed by atoms with Crippen molar-refractivity contribution in [2.75, 3.05) is 60.3 Å². The molecule has 0 saturated carbocycles. The minimum absolute atomic E-state index is 0.629. The predicted octanol–water partition coefficient (Wildman–Crippen LogP) is 3.32. The van der Waals surface area contributed by atoms with Crippen molar-refractivity contribution >= 4 is 29.0 Å². The van der Waals surface area contributed by atoms with Crippen LogP contribution in [0.25, 0.3) is 0 Å². The van der Waals surface area contributed by atoms with E-state index in [1.807, 2.05) is 51.5 Å². The third-order valence-electron chi connectivity index (χ3n) is 5.06. The lowest BCUT2D eigenvalue weighted by Gasteiger charge is -2.36. The molecule has 0 spiro atoms. The van der Waals surface area contributed by atoms with Crippen molar-refractivity contribution in [1.82, 2.24) is 15.0 Å². The summed E-state index contributed by atoms with van der Waals surface area (Å²) >= 11 is 0. The number of benzene rings is 1. The fraction of sp³-hybridized carbons (Fsp3) is 0.318. The Morgan fingerprint density at radius 2 is 1.55 bits per heavy atom. The number of rotatable bonds is 5. The maximum absolute atomic E-state index is 4.77. The zero-order chi connectivity index (χ0) is 20.2. The van der Waals surface area contributed by atoms with E-state index >= 15 is 0 Å². The van der Waals surface area contributed by atoms with Gasteiger partial charge in [0.2, 0.25) is 5.95 Å². The molecule has 7 nitrogen and oxygen atoms in total.